The van der Waals surface area contributed by atoms with Gasteiger partial charge in [0.25, 0.3) is 0 Å². The molecule has 2 atom stereocenters. The summed E-state index contributed by atoms with van der Waals surface area (Å²) in [4.78, 5) is 13.8. The van der Waals surface area contributed by atoms with Crippen LogP contribution in [0.2, 0.25) is 0 Å². The van der Waals surface area contributed by atoms with E-state index in [1.165, 1.54) is 0 Å². The lowest BCUT2D eigenvalue weighted by molar-refractivity contribution is -0.134. The highest BCUT2D eigenvalue weighted by molar-refractivity contribution is 6.30. The van der Waals surface area contributed by atoms with E-state index in [1.807, 2.05) is 18.7 Å². The Hall–Kier alpha value is -0.280. The van der Waals surface area contributed by atoms with Crippen LogP contribution in [0.25, 0.3) is 0 Å². The van der Waals surface area contributed by atoms with E-state index in [0.717, 1.165) is 19.5 Å². The van der Waals surface area contributed by atoms with Gasteiger partial charge in [-0.05, 0) is 33.7 Å². The summed E-state index contributed by atoms with van der Waals surface area (Å²) in [5, 5.41) is 2.85. The van der Waals surface area contributed by atoms with Crippen molar-refractivity contribution in [2.75, 3.05) is 13.1 Å². The van der Waals surface area contributed by atoms with Gasteiger partial charge in [0.1, 0.15) is 5.38 Å². The van der Waals surface area contributed by atoms with Gasteiger partial charge >= 0.3 is 0 Å². The Morgan fingerprint density at radius 1 is 1.50 bits per heavy atom. The van der Waals surface area contributed by atoms with E-state index < -0.39 is 5.38 Å². The van der Waals surface area contributed by atoms with Crippen molar-refractivity contribution in [3.8, 4) is 0 Å². The summed E-state index contributed by atoms with van der Waals surface area (Å²) in [7, 11) is 0. The van der Waals surface area contributed by atoms with Crippen LogP contribution in [0, 0.1) is 0 Å². The van der Waals surface area contributed by atoms with E-state index in [-0.39, 0.29) is 11.9 Å². The van der Waals surface area contributed by atoms with Crippen LogP contribution in [-0.2, 0) is 4.79 Å². The molecule has 4 heteroatoms. The summed E-state index contributed by atoms with van der Waals surface area (Å²) < 4.78 is 0. The molecule has 1 heterocycles. The van der Waals surface area contributed by atoms with Gasteiger partial charge in [0.05, 0.1) is 0 Å². The van der Waals surface area contributed by atoms with Gasteiger partial charge in [0, 0.05) is 18.6 Å². The van der Waals surface area contributed by atoms with Gasteiger partial charge < -0.3 is 10.2 Å². The lowest BCUT2D eigenvalue weighted by Crippen LogP contribution is -2.48. The Labute approximate surface area is 90.8 Å². The SMILES string of the molecule is CC(Cl)C(=O)N(C(C)C)C1CCNC1. The topological polar surface area (TPSA) is 32.3 Å². The number of hydrogen-bond acceptors (Lipinski definition) is 2. The van der Waals surface area contributed by atoms with Gasteiger partial charge in [-0.15, -0.1) is 11.6 Å². The molecule has 2 unspecified atom stereocenters. The van der Waals surface area contributed by atoms with Gasteiger partial charge in [-0.25, -0.2) is 0 Å². The molecule has 1 N–H and O–H groups in total. The van der Waals surface area contributed by atoms with E-state index in [1.54, 1.807) is 6.92 Å². The van der Waals surface area contributed by atoms with Gasteiger partial charge in [-0.2, -0.15) is 0 Å². The van der Waals surface area contributed by atoms with Crippen molar-refractivity contribution in [1.82, 2.24) is 10.2 Å². The maximum absolute atomic E-state index is 11.8. The smallest absolute Gasteiger partial charge is 0.240 e. The first-order chi connectivity index (χ1) is 6.54. The van der Waals surface area contributed by atoms with Crippen LogP contribution in [0.3, 0.4) is 0 Å². The standard InChI is InChI=1S/C10H19ClN2O/c1-7(2)13(10(14)8(3)11)9-4-5-12-6-9/h7-9,12H,4-6H2,1-3H3. The number of alkyl halides is 1. The van der Waals surface area contributed by atoms with Crippen LogP contribution in [-0.4, -0.2) is 41.4 Å². The number of carbonyl (C=O) groups is 1. The normalized spacial score (nSPS) is 23.9. The third-order valence-electron chi connectivity index (χ3n) is 2.58. The molecule has 1 rings (SSSR count). The Balaban J connectivity index is 2.67. The van der Waals surface area contributed by atoms with Crippen LogP contribution >= 0.6 is 11.6 Å². The van der Waals surface area contributed by atoms with Crippen molar-refractivity contribution in [2.45, 2.75) is 44.7 Å². The predicted molar refractivity (Wildman–Crippen MR) is 58.6 cm³/mol. The molecule has 0 spiro atoms. The third-order valence-corrected chi connectivity index (χ3v) is 2.77. The first-order valence-corrected chi connectivity index (χ1v) is 5.64. The van der Waals surface area contributed by atoms with Crippen molar-refractivity contribution in [1.29, 1.82) is 0 Å². The zero-order chi connectivity index (χ0) is 10.7. The first-order valence-electron chi connectivity index (χ1n) is 5.21. The van der Waals surface area contributed by atoms with Crippen molar-refractivity contribution < 1.29 is 4.79 Å². The summed E-state index contributed by atoms with van der Waals surface area (Å²) >= 11 is 5.83. The van der Waals surface area contributed by atoms with Crippen molar-refractivity contribution >= 4 is 17.5 Å². The van der Waals surface area contributed by atoms with Gasteiger partial charge in [0.15, 0.2) is 0 Å². The first kappa shape index (κ1) is 11.8. The van der Waals surface area contributed by atoms with Crippen molar-refractivity contribution in [2.24, 2.45) is 0 Å². The molecule has 1 amide bonds. The monoisotopic (exact) mass is 218 g/mol. The van der Waals surface area contributed by atoms with Gasteiger partial charge in [-0.1, -0.05) is 0 Å². The number of halogens is 1. The summed E-state index contributed by atoms with van der Waals surface area (Å²) in [6.07, 6.45) is 1.04. The zero-order valence-corrected chi connectivity index (χ0v) is 9.84. The number of amides is 1. The molecule has 0 aromatic rings. The predicted octanol–water partition coefficient (Wildman–Crippen LogP) is 1.21. The van der Waals surface area contributed by atoms with E-state index >= 15 is 0 Å². The largest absolute Gasteiger partial charge is 0.335 e. The minimum atomic E-state index is -0.419. The molecule has 14 heavy (non-hydrogen) atoms. The maximum Gasteiger partial charge on any atom is 0.240 e. The van der Waals surface area contributed by atoms with Gasteiger partial charge in [0.2, 0.25) is 5.91 Å². The summed E-state index contributed by atoms with van der Waals surface area (Å²) in [6.45, 7) is 7.71. The second kappa shape index (κ2) is 4.99. The molecule has 0 radical (unpaired) electrons. The fourth-order valence-corrected chi connectivity index (χ4v) is 2.05. The highest BCUT2D eigenvalue weighted by atomic mass is 35.5. The van der Waals surface area contributed by atoms with Crippen LogP contribution in [0.4, 0.5) is 0 Å². The number of carbonyl (C=O) groups excluding carboxylic acids is 1. The number of nitrogens with one attached hydrogen (secondary N) is 1. The van der Waals surface area contributed by atoms with Crippen LogP contribution in [0.5, 0.6) is 0 Å². The Morgan fingerprint density at radius 2 is 2.14 bits per heavy atom. The summed E-state index contributed by atoms with van der Waals surface area (Å²) in [6, 6.07) is 0.553. The fourth-order valence-electron chi connectivity index (χ4n) is 1.94. The Morgan fingerprint density at radius 3 is 2.50 bits per heavy atom. The van der Waals surface area contributed by atoms with E-state index in [2.05, 4.69) is 5.32 Å². The molecule has 0 aromatic heterocycles. The second-order valence-electron chi connectivity index (χ2n) is 4.10. The van der Waals surface area contributed by atoms with Crippen LogP contribution < -0.4 is 5.32 Å². The van der Waals surface area contributed by atoms with Crippen molar-refractivity contribution in [3.05, 3.63) is 0 Å². The highest BCUT2D eigenvalue weighted by Gasteiger charge is 2.30. The number of nitrogens with zero attached hydrogens (tertiary/aromatic N) is 1. The van der Waals surface area contributed by atoms with Crippen LogP contribution in [0.15, 0.2) is 0 Å². The molecule has 0 saturated carbocycles. The molecule has 0 aliphatic carbocycles. The third kappa shape index (κ3) is 2.61. The van der Waals surface area contributed by atoms with E-state index in [4.69, 9.17) is 11.6 Å². The molecule has 1 saturated heterocycles. The fraction of sp³-hybridized carbons (Fsp3) is 0.900. The molecule has 3 nitrogen and oxygen atoms in total. The molecule has 1 aliphatic rings. The molecule has 82 valence electrons. The minimum Gasteiger partial charge on any atom is -0.335 e. The molecule has 0 aromatic carbocycles. The molecular formula is C10H19ClN2O. The lowest BCUT2D eigenvalue weighted by atomic mass is 10.1. The van der Waals surface area contributed by atoms with E-state index in [0.29, 0.717) is 6.04 Å². The summed E-state index contributed by atoms with van der Waals surface area (Å²) in [5.41, 5.74) is 0. The number of hydrogen-bond donors (Lipinski definition) is 1. The lowest BCUT2D eigenvalue weighted by Gasteiger charge is -2.33. The molecule has 1 aliphatic heterocycles. The van der Waals surface area contributed by atoms with Gasteiger partial charge in [-0.3, -0.25) is 4.79 Å². The Bertz CT molecular complexity index is 200. The number of rotatable bonds is 3. The van der Waals surface area contributed by atoms with E-state index in [9.17, 15) is 4.79 Å². The zero-order valence-electron chi connectivity index (χ0n) is 9.09. The maximum atomic E-state index is 11.8. The Kier molecular flexibility index (Phi) is 4.20. The van der Waals surface area contributed by atoms with Crippen LogP contribution in [0.1, 0.15) is 27.2 Å². The average molecular weight is 219 g/mol. The molecule has 0 bridgehead atoms. The minimum absolute atomic E-state index is 0.0513. The van der Waals surface area contributed by atoms with Crippen molar-refractivity contribution in [3.63, 3.8) is 0 Å². The second-order valence-corrected chi connectivity index (χ2v) is 4.76. The molecular weight excluding hydrogens is 200 g/mol. The summed E-state index contributed by atoms with van der Waals surface area (Å²) in [5.74, 6) is 0.0513. The molecule has 1 fully saturated rings. The quantitative estimate of drug-likeness (QED) is 0.723. The highest BCUT2D eigenvalue weighted by Crippen LogP contribution is 2.15. The average Bonchev–Trinajstić information content (AvgIpc) is 2.56.